The van der Waals surface area contributed by atoms with E-state index >= 15 is 0 Å². The molecule has 12 heavy (non-hydrogen) atoms. The van der Waals surface area contributed by atoms with Crippen LogP contribution in [0.15, 0.2) is 0 Å². The van der Waals surface area contributed by atoms with Crippen molar-refractivity contribution in [2.75, 3.05) is 13.2 Å². The maximum atomic E-state index is 10.2. The second kappa shape index (κ2) is 7.82. The monoisotopic (exact) mass is 267 g/mol. The van der Waals surface area contributed by atoms with Crippen molar-refractivity contribution in [2.24, 2.45) is 0 Å². The molecule has 0 amide bonds. The fraction of sp³-hybridized carbons (Fsp3) is 0.600. The molecule has 1 saturated heterocycles. The third-order valence-corrected chi connectivity index (χ3v) is 0.978. The van der Waals surface area contributed by atoms with Crippen molar-refractivity contribution in [1.29, 1.82) is 0 Å². The van der Waals surface area contributed by atoms with E-state index in [9.17, 15) is 9.59 Å². The molecule has 0 spiro atoms. The third kappa shape index (κ3) is 4.95. The fourth-order valence-electron chi connectivity index (χ4n) is 0.574. The van der Waals surface area contributed by atoms with Gasteiger partial charge in [0.25, 0.3) is 0 Å². The summed E-state index contributed by atoms with van der Waals surface area (Å²) in [5.74, 6) is 0. The van der Waals surface area contributed by atoms with Crippen molar-refractivity contribution in [3.05, 3.63) is 0 Å². The van der Waals surface area contributed by atoms with Crippen LogP contribution >= 0.6 is 0 Å². The fourth-order valence-corrected chi connectivity index (χ4v) is 0.574. The molecule has 1 aliphatic heterocycles. The van der Waals surface area contributed by atoms with Gasteiger partial charge in [-0.3, -0.25) is 0 Å². The molecule has 1 unspecified atom stereocenters. The molecule has 1 heterocycles. The Hall–Kier alpha value is 0.194. The number of rotatable bonds is 3. The largest absolute Gasteiger partial charge is 0.813 e. The Bertz CT molecular complexity index is 153. The van der Waals surface area contributed by atoms with Crippen molar-refractivity contribution in [2.45, 2.75) is 6.10 Å². The van der Waals surface area contributed by atoms with Gasteiger partial charge in [-0.25, -0.2) is 4.79 Å². The van der Waals surface area contributed by atoms with Crippen molar-refractivity contribution >= 4 is 26.1 Å². The first-order valence-electron chi connectivity index (χ1n) is 2.65. The van der Waals surface area contributed by atoms with Gasteiger partial charge in [0.1, 0.15) is 6.61 Å². The molecule has 0 aromatic carbocycles. The van der Waals surface area contributed by atoms with Crippen LogP contribution in [0.3, 0.4) is 0 Å². The molecule has 0 bridgehead atoms. The molecule has 1 radical (unpaired) electrons. The minimum Gasteiger partial charge on any atom is -0.813 e. The van der Waals surface area contributed by atoms with Crippen molar-refractivity contribution < 1.29 is 56.5 Å². The summed E-state index contributed by atoms with van der Waals surface area (Å²) in [6, 6.07) is 0. The minimum atomic E-state index is -0.723. The van der Waals surface area contributed by atoms with E-state index in [2.05, 4.69) is 14.2 Å². The summed E-state index contributed by atoms with van der Waals surface area (Å²) in [6.07, 6.45) is -1.19. The van der Waals surface area contributed by atoms with Gasteiger partial charge in [-0.05, 0) is 0 Å². The van der Waals surface area contributed by atoms with Gasteiger partial charge < -0.3 is 32.5 Å². The van der Waals surface area contributed by atoms with Crippen molar-refractivity contribution in [3.8, 4) is 0 Å². The minimum absolute atomic E-state index is 0. The Morgan fingerprint density at radius 3 is 2.75 bits per heavy atom. The Morgan fingerprint density at radius 1 is 1.67 bits per heavy atom. The van der Waals surface area contributed by atoms with Gasteiger partial charge in [-0.1, -0.05) is 6.47 Å². The van der Waals surface area contributed by atoms with Crippen LogP contribution in [0.2, 0.25) is 0 Å². The normalized spacial score (nSPS) is 19.3. The zero-order valence-electron chi connectivity index (χ0n) is 6.06. The third-order valence-electron chi connectivity index (χ3n) is 0.978. The molecule has 7 heteroatoms. The molecule has 0 N–H and O–H groups in total. The smallest absolute Gasteiger partial charge is 0.508 e. The molecule has 0 aromatic rings. The van der Waals surface area contributed by atoms with Gasteiger partial charge in [0.05, 0.1) is 6.61 Å². The van der Waals surface area contributed by atoms with Gasteiger partial charge in [0.15, 0.2) is 6.10 Å². The van der Waals surface area contributed by atoms with E-state index in [1.54, 1.807) is 0 Å². The van der Waals surface area contributed by atoms with E-state index in [0.29, 0.717) is 0 Å². The Labute approximate surface area is 101 Å². The molecule has 1 atom stereocenters. The molecule has 1 aliphatic rings. The molecule has 0 saturated carbocycles. The molecule has 0 aliphatic carbocycles. The molecule has 5 nitrogen and oxygen atoms in total. The van der Waals surface area contributed by atoms with Crippen LogP contribution in [0.4, 0.5) is 4.79 Å². The van der Waals surface area contributed by atoms with Gasteiger partial charge >= 0.3 is 6.16 Å². The predicted octanol–water partition coefficient (Wildman–Crippen LogP) is -0.667. The summed E-state index contributed by atoms with van der Waals surface area (Å²) >= 11 is 0. The molecular weight excluding hydrogens is 261 g/mol. The van der Waals surface area contributed by atoms with Crippen LogP contribution < -0.4 is 0 Å². The van der Waals surface area contributed by atoms with E-state index in [1.807, 2.05) is 0 Å². The van der Waals surface area contributed by atoms with Crippen LogP contribution in [-0.2, 0) is 65.2 Å². The molecular formula is C5H6O5SY-2. The second-order valence-corrected chi connectivity index (χ2v) is 1.70. The number of cyclic esters (lactones) is 2. The number of carbonyl (C=O) groups excluding carboxylic acids is 2. The van der Waals surface area contributed by atoms with Crippen molar-refractivity contribution in [3.63, 3.8) is 0 Å². The van der Waals surface area contributed by atoms with Gasteiger partial charge in [-0.2, -0.15) is 0 Å². The Balaban J connectivity index is 0. The first-order chi connectivity index (χ1) is 4.83. The standard InChI is InChI=1S/C5H5O5.H2S.Y/c6-3-8-1-4-2-9-5(7)10-4;;/h4H,1-2H2;1H2;/q-1;;/p-1. The van der Waals surface area contributed by atoms with E-state index in [0.717, 1.165) is 0 Å². The number of hydrogen-bond donors (Lipinski definition) is 0. The summed E-state index contributed by atoms with van der Waals surface area (Å²) < 4.78 is 13.1. The van der Waals surface area contributed by atoms with E-state index < -0.39 is 12.3 Å². The maximum Gasteiger partial charge on any atom is 0.508 e. The molecule has 1 fully saturated rings. The van der Waals surface area contributed by atoms with Crippen LogP contribution in [0, 0.1) is 0 Å². The number of carbonyl (C=O) groups is 1. The quantitative estimate of drug-likeness (QED) is 0.292. The molecule has 0 aromatic heterocycles. The SMILES string of the molecule is O=[C-]OCC1COC(=O)O1.[SH-].[Y]. The molecule has 67 valence electrons. The zero-order valence-corrected chi connectivity index (χ0v) is 9.79. The summed E-state index contributed by atoms with van der Waals surface area (Å²) in [5, 5.41) is 0. The number of ether oxygens (including phenoxy) is 3. The van der Waals surface area contributed by atoms with Gasteiger partial charge in [0.2, 0.25) is 0 Å². The topological polar surface area (TPSA) is 61.8 Å². The average Bonchev–Trinajstić information content (AvgIpc) is 2.31. The first-order valence-corrected chi connectivity index (χ1v) is 2.65. The summed E-state index contributed by atoms with van der Waals surface area (Å²) in [5.41, 5.74) is 0. The predicted molar refractivity (Wildman–Crippen MR) is 36.6 cm³/mol. The van der Waals surface area contributed by atoms with Gasteiger partial charge in [0, 0.05) is 32.7 Å². The first kappa shape index (κ1) is 14.7. The van der Waals surface area contributed by atoms with E-state index in [-0.39, 0.29) is 59.4 Å². The van der Waals surface area contributed by atoms with Crippen LogP contribution in [0.1, 0.15) is 0 Å². The van der Waals surface area contributed by atoms with Crippen LogP contribution in [0.25, 0.3) is 0 Å². The Kier molecular flexibility index (Phi) is 9.59. The maximum absolute atomic E-state index is 10.2. The van der Waals surface area contributed by atoms with Gasteiger partial charge in [-0.15, -0.1) is 0 Å². The van der Waals surface area contributed by atoms with Crippen molar-refractivity contribution in [1.82, 2.24) is 0 Å². The number of thiol groups is 1. The second-order valence-electron chi connectivity index (χ2n) is 1.70. The Morgan fingerprint density at radius 2 is 2.33 bits per heavy atom. The zero-order chi connectivity index (χ0) is 7.40. The summed E-state index contributed by atoms with van der Waals surface area (Å²) in [7, 11) is 0. The number of hydrogen-bond acceptors (Lipinski definition) is 6. The molecule has 1 rings (SSSR count). The summed E-state index contributed by atoms with van der Waals surface area (Å²) in [6.45, 7) is 1.36. The average molecular weight is 267 g/mol. The van der Waals surface area contributed by atoms with E-state index in [1.165, 1.54) is 6.47 Å². The summed E-state index contributed by atoms with van der Waals surface area (Å²) in [4.78, 5) is 19.7. The van der Waals surface area contributed by atoms with Crippen LogP contribution in [-0.4, -0.2) is 31.9 Å². The van der Waals surface area contributed by atoms with E-state index in [4.69, 9.17) is 0 Å². The van der Waals surface area contributed by atoms with Crippen LogP contribution in [0.5, 0.6) is 0 Å².